The molecule has 0 aromatic carbocycles. The Bertz CT molecular complexity index is 1860. The van der Waals surface area contributed by atoms with Crippen LogP contribution in [0.4, 0.5) is 0 Å². The summed E-state index contributed by atoms with van der Waals surface area (Å²) in [5.41, 5.74) is -2.09. The number of unbranched alkanes of at least 4 members (excludes halogenated alkanes) is 1. The average Bonchev–Trinajstić information content (AvgIpc) is 3.58. The van der Waals surface area contributed by atoms with Gasteiger partial charge in [-0.3, -0.25) is 9.59 Å². The Morgan fingerprint density at radius 1 is 0.952 bits per heavy atom. The van der Waals surface area contributed by atoms with E-state index in [2.05, 4.69) is 0 Å². The lowest BCUT2D eigenvalue weighted by molar-refractivity contribution is -0.348. The van der Waals surface area contributed by atoms with E-state index in [9.17, 15) is 44.4 Å². The molecule has 3 saturated heterocycles. The van der Waals surface area contributed by atoms with Crippen LogP contribution in [0, 0.1) is 10.8 Å². The molecule has 350 valence electrons. The molecule has 0 saturated carbocycles. The highest BCUT2D eigenvalue weighted by Crippen LogP contribution is 2.51. The summed E-state index contributed by atoms with van der Waals surface area (Å²) in [6, 6.07) is 0. The molecule has 17 nitrogen and oxygen atoms in total. The number of methoxy groups -OCH3 is 1. The second kappa shape index (κ2) is 20.3. The summed E-state index contributed by atoms with van der Waals surface area (Å²) in [6.45, 7) is 11.2. The Balaban J connectivity index is 1.62. The summed E-state index contributed by atoms with van der Waals surface area (Å²) in [5, 5.41) is 47.5. The SMILES string of the molecule is CCC/C=C/C=C/C(=O)O[C@H]1C2=CC(=O)O[C@@H]2[C@H]2C[C@H]([C@@H](C)O)OC(=O)C[C@H](O)C[C@@H]3C[C@H](OC(C)=O)C(C)(C)[C@](O)(C[C@@H]4C/C(=C/C(=O)OC)C[C@H](/C=C\C(C)(C)[C@]1(O)O2)O4)O3. The normalized spacial score (nSPS) is 37.5. The minimum atomic E-state index is -2.47. The first kappa shape index (κ1) is 49.8. The van der Waals surface area contributed by atoms with Gasteiger partial charge in [-0.05, 0) is 26.2 Å². The van der Waals surface area contributed by atoms with E-state index >= 15 is 0 Å². The molecule has 17 heteroatoms. The highest BCUT2D eigenvalue weighted by atomic mass is 16.7. The number of carbonyl (C=O) groups is 5. The highest BCUT2D eigenvalue weighted by Gasteiger charge is 2.63. The number of aliphatic hydroxyl groups is 4. The van der Waals surface area contributed by atoms with E-state index in [1.165, 1.54) is 33.1 Å². The maximum absolute atomic E-state index is 13.4. The molecule has 5 heterocycles. The van der Waals surface area contributed by atoms with Crippen molar-refractivity contribution in [3.63, 3.8) is 0 Å². The fourth-order valence-electron chi connectivity index (χ4n) is 8.79. The van der Waals surface area contributed by atoms with Gasteiger partial charge in [0.25, 0.3) is 0 Å². The van der Waals surface area contributed by atoms with Gasteiger partial charge in [-0.2, -0.15) is 0 Å². The third kappa shape index (κ3) is 11.7. The second-order valence-electron chi connectivity index (χ2n) is 18.2. The third-order valence-electron chi connectivity index (χ3n) is 12.5. The topological polar surface area (TPSA) is 240 Å². The molecule has 0 unspecified atom stereocenters. The van der Waals surface area contributed by atoms with Gasteiger partial charge in [-0.1, -0.05) is 77.0 Å². The molecule has 63 heavy (non-hydrogen) atoms. The summed E-state index contributed by atoms with van der Waals surface area (Å²) in [5.74, 6) is -8.33. The van der Waals surface area contributed by atoms with Gasteiger partial charge in [0.15, 0.2) is 18.0 Å². The number of allylic oxidation sites excluding steroid dienone is 3. The number of hydrogen-bond acceptors (Lipinski definition) is 17. The van der Waals surface area contributed by atoms with Crippen LogP contribution in [-0.2, 0) is 61.9 Å². The van der Waals surface area contributed by atoms with Crippen molar-refractivity contribution in [2.45, 2.75) is 179 Å². The molecule has 5 rings (SSSR count). The van der Waals surface area contributed by atoms with Crippen molar-refractivity contribution in [3.05, 3.63) is 59.8 Å². The first-order valence-corrected chi connectivity index (χ1v) is 21.6. The lowest BCUT2D eigenvalue weighted by Crippen LogP contribution is -2.65. The molecule has 4 N–H and O–H groups in total. The number of ether oxygens (including phenoxy) is 8. The molecule has 12 atom stereocenters. The Hall–Kier alpha value is -4.23. The van der Waals surface area contributed by atoms with Gasteiger partial charge in [0.05, 0.1) is 49.5 Å². The molecule has 0 amide bonds. The highest BCUT2D eigenvalue weighted by molar-refractivity contribution is 5.87. The molecule has 0 aromatic rings. The fraction of sp³-hybridized carbons (Fsp3) is 0.674. The minimum absolute atomic E-state index is 0.0667. The summed E-state index contributed by atoms with van der Waals surface area (Å²) >= 11 is 0. The van der Waals surface area contributed by atoms with Crippen LogP contribution >= 0.6 is 0 Å². The van der Waals surface area contributed by atoms with E-state index in [4.69, 9.17) is 37.9 Å². The van der Waals surface area contributed by atoms with Crippen molar-refractivity contribution in [2.75, 3.05) is 7.11 Å². The van der Waals surface area contributed by atoms with E-state index < -0.39 is 120 Å². The van der Waals surface area contributed by atoms with Crippen LogP contribution in [0.5, 0.6) is 0 Å². The first-order valence-electron chi connectivity index (χ1n) is 21.6. The maximum atomic E-state index is 13.4. The van der Waals surface area contributed by atoms with E-state index in [1.807, 2.05) is 13.0 Å². The van der Waals surface area contributed by atoms with Gasteiger partial charge in [0.2, 0.25) is 5.79 Å². The Morgan fingerprint density at radius 3 is 2.35 bits per heavy atom. The van der Waals surface area contributed by atoms with Crippen molar-refractivity contribution in [2.24, 2.45) is 10.8 Å². The van der Waals surface area contributed by atoms with Crippen LogP contribution in [0.1, 0.15) is 106 Å². The quantitative estimate of drug-likeness (QED) is 0.0894. The summed E-state index contributed by atoms with van der Waals surface area (Å²) in [7, 11) is 1.24. The number of aliphatic hydroxyl groups excluding tert-OH is 2. The van der Waals surface area contributed by atoms with E-state index in [0.717, 1.165) is 25.0 Å². The number of esters is 5. The molecule has 5 aliphatic heterocycles. The Morgan fingerprint density at radius 2 is 1.68 bits per heavy atom. The van der Waals surface area contributed by atoms with Crippen LogP contribution in [0.15, 0.2) is 59.8 Å². The maximum Gasteiger partial charge on any atom is 0.331 e. The van der Waals surface area contributed by atoms with Gasteiger partial charge in [-0.25, -0.2) is 14.4 Å². The average molecular weight is 889 g/mol. The summed E-state index contributed by atoms with van der Waals surface area (Å²) < 4.78 is 47.3. The lowest BCUT2D eigenvalue weighted by Gasteiger charge is -2.53. The molecule has 0 aliphatic carbocycles. The number of cyclic esters (lactones) is 1. The molecule has 6 bridgehead atoms. The minimum Gasteiger partial charge on any atom is -0.466 e. The number of rotatable bonds is 8. The molecule has 5 aliphatic rings. The van der Waals surface area contributed by atoms with Gasteiger partial charge in [-0.15, -0.1) is 0 Å². The van der Waals surface area contributed by atoms with Gasteiger partial charge in [0, 0.05) is 61.8 Å². The Labute approximate surface area is 368 Å². The van der Waals surface area contributed by atoms with Crippen LogP contribution in [0.3, 0.4) is 0 Å². The van der Waals surface area contributed by atoms with Gasteiger partial charge in [0.1, 0.15) is 18.3 Å². The zero-order valence-corrected chi connectivity index (χ0v) is 37.4. The first-order chi connectivity index (χ1) is 29.5. The number of fused-ring (bicyclic) bond motifs is 8. The van der Waals surface area contributed by atoms with Crippen LogP contribution < -0.4 is 0 Å². The predicted octanol–water partition coefficient (Wildman–Crippen LogP) is 3.64. The number of carbonyl (C=O) groups excluding carboxylic acids is 5. The summed E-state index contributed by atoms with van der Waals surface area (Å²) in [6.07, 6.45) is 1.01. The van der Waals surface area contributed by atoms with Crippen LogP contribution in [0.2, 0.25) is 0 Å². The number of hydrogen-bond donors (Lipinski definition) is 4. The van der Waals surface area contributed by atoms with E-state index in [1.54, 1.807) is 45.9 Å². The molecule has 3 fully saturated rings. The zero-order chi connectivity index (χ0) is 46.5. The molecular formula is C46H64O17. The summed E-state index contributed by atoms with van der Waals surface area (Å²) in [4.78, 5) is 64.7. The van der Waals surface area contributed by atoms with Gasteiger partial charge < -0.3 is 58.3 Å². The Kier molecular flexibility index (Phi) is 16.0. The smallest absolute Gasteiger partial charge is 0.331 e. The van der Waals surface area contributed by atoms with E-state index in [-0.39, 0.29) is 44.1 Å². The second-order valence-corrected chi connectivity index (χ2v) is 18.2. The fourth-order valence-corrected chi connectivity index (χ4v) is 8.79. The lowest BCUT2D eigenvalue weighted by atomic mass is 9.70. The van der Waals surface area contributed by atoms with Crippen molar-refractivity contribution >= 4 is 29.8 Å². The van der Waals surface area contributed by atoms with Crippen molar-refractivity contribution < 1.29 is 82.3 Å². The molecular weight excluding hydrogens is 824 g/mol. The molecule has 0 aromatic heterocycles. The van der Waals surface area contributed by atoms with Crippen molar-refractivity contribution in [1.29, 1.82) is 0 Å². The largest absolute Gasteiger partial charge is 0.466 e. The predicted molar refractivity (Wildman–Crippen MR) is 222 cm³/mol. The van der Waals surface area contributed by atoms with Crippen molar-refractivity contribution in [3.8, 4) is 0 Å². The zero-order valence-electron chi connectivity index (χ0n) is 37.4. The molecule has 0 radical (unpaired) electrons. The van der Waals surface area contributed by atoms with Crippen LogP contribution in [-0.4, -0.2) is 130 Å². The molecule has 0 spiro atoms. The standard InChI is InChI=1S/C46H64O17/c1-9-10-11-12-13-14-37(50)61-42-33-23-40(53)60-41(33)35-24-34(26(2)47)59-39(52)21-29(49)20-31-22-36(57-27(3)48)44(6,7)45(54,62-31)25-32-18-28(19-38(51)56-8)17-30(58-32)15-16-43(4,5)46(42,55)63-35/h11-16,19,23,26,29-32,34-36,41-42,47,49,54-55H,9-10,17-18,20-22,24-25H2,1-8H3/b12-11+,14-13+,16-15-,28-19+/t26-,29-,30+,31-,32+,34-,35-,36+,41+,42+,45+,46-/m1/s1. The van der Waals surface area contributed by atoms with Crippen molar-refractivity contribution in [1.82, 2.24) is 0 Å². The van der Waals surface area contributed by atoms with Gasteiger partial charge >= 0.3 is 29.8 Å². The van der Waals surface area contributed by atoms with Crippen LogP contribution in [0.25, 0.3) is 0 Å². The van der Waals surface area contributed by atoms with E-state index in [0.29, 0.717) is 5.57 Å². The monoisotopic (exact) mass is 888 g/mol. The third-order valence-corrected chi connectivity index (χ3v) is 12.5.